The number of hydrogen-bond donors (Lipinski definition) is 1. The van der Waals surface area contributed by atoms with Crippen LogP contribution in [0.25, 0.3) is 0 Å². The van der Waals surface area contributed by atoms with E-state index in [-0.39, 0.29) is 17.0 Å². The second-order valence-corrected chi connectivity index (χ2v) is 1.84. The molecular weight excluding hydrogens is 210 g/mol. The third-order valence-corrected chi connectivity index (χ3v) is 0. The van der Waals surface area contributed by atoms with Crippen molar-refractivity contribution in [1.29, 1.82) is 0 Å². The first-order valence-electron chi connectivity index (χ1n) is 1.91. The van der Waals surface area contributed by atoms with Gasteiger partial charge in [0.05, 0.1) is 21.1 Å². The van der Waals surface area contributed by atoms with Gasteiger partial charge in [0.1, 0.15) is 0 Å². The van der Waals surface area contributed by atoms with E-state index in [4.69, 9.17) is 6.65 Å². The van der Waals surface area contributed by atoms with Crippen LogP contribution in [0.1, 0.15) is 0 Å². The van der Waals surface area contributed by atoms with Gasteiger partial charge in [0, 0.05) is 0 Å². The van der Waals surface area contributed by atoms with E-state index in [1.165, 1.54) is 4.90 Å². The van der Waals surface area contributed by atoms with Gasteiger partial charge in [-0.1, -0.05) is 0 Å². The quantitative estimate of drug-likeness (QED) is 0.418. The Kier molecular flexibility index (Phi) is 31.1. The number of rotatable bonds is 0. The van der Waals surface area contributed by atoms with Crippen molar-refractivity contribution in [2.45, 2.75) is 0 Å². The predicted molar refractivity (Wildman–Crippen MR) is 20.1 cm³/mol. The molecule has 8 heavy (non-hydrogen) atoms. The van der Waals surface area contributed by atoms with Crippen molar-refractivity contribution in [3.05, 3.63) is 0 Å². The molecule has 0 spiro atoms. The van der Waals surface area contributed by atoms with E-state index in [2.05, 4.69) is 21.1 Å². The molecule has 0 fully saturated rings. The summed E-state index contributed by atoms with van der Waals surface area (Å²) in [5, 5.41) is 0. The zero-order valence-corrected chi connectivity index (χ0v) is 8.34. The van der Waals surface area contributed by atoms with E-state index in [1.54, 1.807) is 0 Å². The molecule has 0 aromatic heterocycles. The van der Waals surface area contributed by atoms with Gasteiger partial charge in [-0.3, -0.25) is 0 Å². The third-order valence-electron chi connectivity index (χ3n) is 0. The van der Waals surface area contributed by atoms with Crippen LogP contribution in [-0.4, -0.2) is 21.1 Å². The Morgan fingerprint density at radius 1 is 1.12 bits per heavy atom. The standard InChI is InChI=1S/C3H9N.BrH.2O.Ti/c1-4(2)3;;;;/h1-3H3;1H;;;. The van der Waals surface area contributed by atoms with Crippen molar-refractivity contribution in [3.8, 4) is 0 Å². The van der Waals surface area contributed by atoms with Crippen LogP contribution >= 0.6 is 0 Å². The molecule has 50 valence electrons. The molecular formula is C3H10BrNO2Ti. The van der Waals surface area contributed by atoms with Crippen LogP contribution in [0.3, 0.4) is 0 Å². The van der Waals surface area contributed by atoms with E-state index < -0.39 is 19.1 Å². The van der Waals surface area contributed by atoms with Crippen molar-refractivity contribution < 1.29 is 47.6 Å². The van der Waals surface area contributed by atoms with Gasteiger partial charge in [-0.2, -0.15) is 0 Å². The Balaban J connectivity index is -0.0000000575. The summed E-state index contributed by atoms with van der Waals surface area (Å²) in [6.45, 7) is 0. The fourth-order valence-electron chi connectivity index (χ4n) is 0. The fraction of sp³-hybridized carbons (Fsp3) is 1.00. The molecule has 0 bridgehead atoms. The molecule has 0 aliphatic heterocycles. The summed E-state index contributed by atoms with van der Waals surface area (Å²) >= 11 is -2.00. The fourth-order valence-corrected chi connectivity index (χ4v) is 0. The summed E-state index contributed by atoms with van der Waals surface area (Å²) in [4.78, 5) is 1.42. The maximum absolute atomic E-state index is 8.50. The van der Waals surface area contributed by atoms with Gasteiger partial charge < -0.3 is 21.9 Å². The van der Waals surface area contributed by atoms with Crippen LogP contribution < -0.4 is 21.9 Å². The molecule has 0 rings (SSSR count). The molecule has 0 aliphatic carbocycles. The zero-order valence-electron chi connectivity index (χ0n) is 5.19. The second-order valence-electron chi connectivity index (χ2n) is 1.58. The number of nitrogens with one attached hydrogen (secondary N) is 1. The molecule has 3 nitrogen and oxygen atoms in total. The molecule has 1 N–H and O–H groups in total. The summed E-state index contributed by atoms with van der Waals surface area (Å²) in [6, 6.07) is 0. The van der Waals surface area contributed by atoms with Crippen molar-refractivity contribution >= 4 is 0 Å². The van der Waals surface area contributed by atoms with Gasteiger partial charge in [-0.15, -0.1) is 0 Å². The van der Waals surface area contributed by atoms with Gasteiger partial charge in [-0.05, 0) is 0 Å². The van der Waals surface area contributed by atoms with Crippen molar-refractivity contribution in [2.75, 3.05) is 21.1 Å². The number of quaternary nitrogens is 1. The van der Waals surface area contributed by atoms with Gasteiger partial charge >= 0.3 is 25.7 Å². The second kappa shape index (κ2) is 15.7. The number of halogens is 1. The Labute approximate surface area is 68.8 Å². The summed E-state index contributed by atoms with van der Waals surface area (Å²) in [6.07, 6.45) is 0. The Hall–Kier alpha value is 0.754. The zero-order chi connectivity index (χ0) is 6.28. The minimum atomic E-state index is -2.00. The SMILES string of the molecule is C[NH+](C)C.[Br-].[O]=[Ti]=[O]. The summed E-state index contributed by atoms with van der Waals surface area (Å²) < 4.78 is 17.0. The first kappa shape index (κ1) is 15.9. The van der Waals surface area contributed by atoms with Crippen molar-refractivity contribution in [3.63, 3.8) is 0 Å². The molecule has 0 amide bonds. The molecule has 0 aromatic carbocycles. The molecule has 0 saturated heterocycles. The van der Waals surface area contributed by atoms with Crippen molar-refractivity contribution in [1.82, 2.24) is 0 Å². The van der Waals surface area contributed by atoms with E-state index in [0.717, 1.165) is 0 Å². The first-order chi connectivity index (χ1) is 3.15. The predicted octanol–water partition coefficient (Wildman–Crippen LogP) is -4.48. The Morgan fingerprint density at radius 3 is 1.12 bits per heavy atom. The van der Waals surface area contributed by atoms with E-state index in [0.29, 0.717) is 0 Å². The van der Waals surface area contributed by atoms with Crippen LogP contribution in [0.2, 0.25) is 0 Å². The molecule has 0 atom stereocenters. The van der Waals surface area contributed by atoms with Crippen LogP contribution in [-0.2, 0) is 25.7 Å². The molecule has 0 unspecified atom stereocenters. The van der Waals surface area contributed by atoms with E-state index in [1.807, 2.05) is 0 Å². The van der Waals surface area contributed by atoms with Gasteiger partial charge in [-0.25, -0.2) is 0 Å². The van der Waals surface area contributed by atoms with Gasteiger partial charge in [0.15, 0.2) is 0 Å². The monoisotopic (exact) mass is 219 g/mol. The topological polar surface area (TPSA) is 38.6 Å². The summed E-state index contributed by atoms with van der Waals surface area (Å²) in [5.41, 5.74) is 0. The first-order valence-corrected chi connectivity index (χ1v) is 3.18. The van der Waals surface area contributed by atoms with Gasteiger partial charge in [0.2, 0.25) is 0 Å². The minimum absolute atomic E-state index is 0. The normalized spacial score (nSPS) is 5.50. The molecule has 0 radical (unpaired) electrons. The number of hydrogen-bond acceptors (Lipinski definition) is 2. The summed E-state index contributed by atoms with van der Waals surface area (Å²) in [5.74, 6) is 0. The van der Waals surface area contributed by atoms with Crippen LogP contribution in [0.4, 0.5) is 0 Å². The molecule has 5 heteroatoms. The molecule has 0 aliphatic rings. The summed E-state index contributed by atoms with van der Waals surface area (Å²) in [7, 11) is 6.25. The maximum atomic E-state index is 8.50. The van der Waals surface area contributed by atoms with Crippen LogP contribution in [0.15, 0.2) is 0 Å². The van der Waals surface area contributed by atoms with E-state index in [9.17, 15) is 0 Å². The third kappa shape index (κ3) is 393. The van der Waals surface area contributed by atoms with Crippen molar-refractivity contribution in [2.24, 2.45) is 0 Å². The van der Waals surface area contributed by atoms with Gasteiger partial charge in [0.25, 0.3) is 0 Å². The Bertz CT molecular complexity index is 59.5. The Morgan fingerprint density at radius 2 is 1.12 bits per heavy atom. The molecule has 0 heterocycles. The van der Waals surface area contributed by atoms with Crippen LogP contribution in [0, 0.1) is 0 Å². The average molecular weight is 220 g/mol. The average Bonchev–Trinajstić information content (AvgIpc) is 1.33. The molecule has 0 aromatic rings. The van der Waals surface area contributed by atoms with Crippen LogP contribution in [0.5, 0.6) is 0 Å². The van der Waals surface area contributed by atoms with E-state index >= 15 is 0 Å². The molecule has 0 saturated carbocycles.